The molecule has 0 heterocycles. The van der Waals surface area contributed by atoms with Gasteiger partial charge < -0.3 is 14.2 Å². The molecule has 0 aliphatic heterocycles. The second kappa shape index (κ2) is 6.89. The van der Waals surface area contributed by atoms with Gasteiger partial charge in [0.15, 0.2) is 11.5 Å². The van der Waals surface area contributed by atoms with Gasteiger partial charge in [0.1, 0.15) is 5.56 Å². The van der Waals surface area contributed by atoms with Crippen molar-refractivity contribution in [1.29, 1.82) is 0 Å². The summed E-state index contributed by atoms with van der Waals surface area (Å²) in [5, 5.41) is 0. The third-order valence-corrected chi connectivity index (χ3v) is 2.59. The number of hydrogen-bond donors (Lipinski definition) is 0. The van der Waals surface area contributed by atoms with Crippen molar-refractivity contribution in [1.82, 2.24) is 0 Å². The molecule has 0 spiro atoms. The average Bonchev–Trinajstić information content (AvgIpc) is 2.38. The minimum absolute atomic E-state index is 0.113. The van der Waals surface area contributed by atoms with E-state index in [0.717, 1.165) is 6.42 Å². The Labute approximate surface area is 108 Å². The van der Waals surface area contributed by atoms with Gasteiger partial charge in [0.25, 0.3) is 0 Å². The number of carbonyl (C=O) groups is 1. The van der Waals surface area contributed by atoms with Crippen molar-refractivity contribution < 1.29 is 19.0 Å². The Bertz CT molecular complexity index is 401. The predicted molar refractivity (Wildman–Crippen MR) is 69.3 cm³/mol. The Morgan fingerprint density at radius 3 is 2.61 bits per heavy atom. The smallest absolute Gasteiger partial charge is 0.342 e. The summed E-state index contributed by atoms with van der Waals surface area (Å²) in [7, 11) is 1.54. The van der Waals surface area contributed by atoms with E-state index in [2.05, 4.69) is 0 Å². The SMILES string of the molecule is CCOc1c(OC)cccc1C(=O)OC(C)CC. The first-order chi connectivity index (χ1) is 8.63. The second-order valence-electron chi connectivity index (χ2n) is 3.89. The Morgan fingerprint density at radius 1 is 1.33 bits per heavy atom. The van der Waals surface area contributed by atoms with Crippen LogP contribution in [0.4, 0.5) is 0 Å². The Hall–Kier alpha value is -1.71. The van der Waals surface area contributed by atoms with Gasteiger partial charge in [-0.05, 0) is 32.4 Å². The lowest BCUT2D eigenvalue weighted by Crippen LogP contribution is -2.15. The number of ether oxygens (including phenoxy) is 3. The van der Waals surface area contributed by atoms with Crippen LogP contribution in [0.15, 0.2) is 18.2 Å². The van der Waals surface area contributed by atoms with E-state index in [0.29, 0.717) is 23.7 Å². The lowest BCUT2D eigenvalue weighted by molar-refractivity contribution is 0.0329. The van der Waals surface area contributed by atoms with Crippen LogP contribution in [-0.4, -0.2) is 25.8 Å². The monoisotopic (exact) mass is 252 g/mol. The van der Waals surface area contributed by atoms with Crippen LogP contribution < -0.4 is 9.47 Å². The number of carbonyl (C=O) groups excluding carboxylic acids is 1. The van der Waals surface area contributed by atoms with Crippen molar-refractivity contribution >= 4 is 5.97 Å². The maximum Gasteiger partial charge on any atom is 0.342 e. The molecule has 0 radical (unpaired) electrons. The lowest BCUT2D eigenvalue weighted by Gasteiger charge is -2.15. The lowest BCUT2D eigenvalue weighted by atomic mass is 10.2. The molecule has 4 nitrogen and oxygen atoms in total. The van der Waals surface area contributed by atoms with Gasteiger partial charge in [-0.15, -0.1) is 0 Å². The highest BCUT2D eigenvalue weighted by Gasteiger charge is 2.19. The van der Waals surface area contributed by atoms with Gasteiger partial charge in [0.05, 0.1) is 19.8 Å². The maximum atomic E-state index is 12.0. The highest BCUT2D eigenvalue weighted by molar-refractivity contribution is 5.93. The molecule has 0 aromatic heterocycles. The summed E-state index contributed by atoms with van der Waals surface area (Å²) in [5.74, 6) is 0.595. The highest BCUT2D eigenvalue weighted by Crippen LogP contribution is 2.31. The van der Waals surface area contributed by atoms with E-state index < -0.39 is 0 Å². The van der Waals surface area contributed by atoms with Gasteiger partial charge >= 0.3 is 5.97 Å². The zero-order valence-corrected chi connectivity index (χ0v) is 11.4. The van der Waals surface area contributed by atoms with Crippen LogP contribution in [0.5, 0.6) is 11.5 Å². The van der Waals surface area contributed by atoms with Crippen molar-refractivity contribution in [3.8, 4) is 11.5 Å². The summed E-state index contributed by atoms with van der Waals surface area (Å²) in [6, 6.07) is 5.18. The van der Waals surface area contributed by atoms with E-state index in [4.69, 9.17) is 14.2 Å². The highest BCUT2D eigenvalue weighted by atomic mass is 16.5. The van der Waals surface area contributed by atoms with Crippen molar-refractivity contribution in [3.63, 3.8) is 0 Å². The minimum Gasteiger partial charge on any atom is -0.493 e. The fourth-order valence-electron chi connectivity index (χ4n) is 1.46. The van der Waals surface area contributed by atoms with Crippen LogP contribution in [0.2, 0.25) is 0 Å². The zero-order chi connectivity index (χ0) is 13.5. The normalized spacial score (nSPS) is 11.8. The van der Waals surface area contributed by atoms with E-state index in [1.54, 1.807) is 25.3 Å². The summed E-state index contributed by atoms with van der Waals surface area (Å²) in [5.41, 5.74) is 0.400. The molecule has 1 atom stereocenters. The zero-order valence-electron chi connectivity index (χ0n) is 11.4. The fraction of sp³-hybridized carbons (Fsp3) is 0.500. The van der Waals surface area contributed by atoms with Crippen LogP contribution in [0.25, 0.3) is 0 Å². The molecule has 1 rings (SSSR count). The molecule has 0 saturated carbocycles. The third kappa shape index (κ3) is 3.39. The molecule has 0 N–H and O–H groups in total. The summed E-state index contributed by atoms with van der Waals surface area (Å²) in [6.45, 7) is 6.14. The van der Waals surface area contributed by atoms with E-state index in [9.17, 15) is 4.79 Å². The predicted octanol–water partition coefficient (Wildman–Crippen LogP) is 3.05. The number of benzene rings is 1. The van der Waals surface area contributed by atoms with Crippen molar-refractivity contribution in [3.05, 3.63) is 23.8 Å². The van der Waals surface area contributed by atoms with Crippen molar-refractivity contribution in [2.24, 2.45) is 0 Å². The summed E-state index contributed by atoms with van der Waals surface area (Å²) < 4.78 is 16.0. The van der Waals surface area contributed by atoms with Gasteiger partial charge in [0, 0.05) is 0 Å². The average molecular weight is 252 g/mol. The number of rotatable bonds is 6. The van der Waals surface area contributed by atoms with E-state index in [-0.39, 0.29) is 12.1 Å². The number of para-hydroxylation sites is 1. The summed E-state index contributed by atoms with van der Waals surface area (Å²) in [6.07, 6.45) is 0.665. The van der Waals surface area contributed by atoms with Crippen LogP contribution in [0.3, 0.4) is 0 Å². The van der Waals surface area contributed by atoms with E-state index in [1.807, 2.05) is 20.8 Å². The summed E-state index contributed by atoms with van der Waals surface area (Å²) >= 11 is 0. The molecule has 100 valence electrons. The van der Waals surface area contributed by atoms with E-state index >= 15 is 0 Å². The Morgan fingerprint density at radius 2 is 2.06 bits per heavy atom. The molecular weight excluding hydrogens is 232 g/mol. The largest absolute Gasteiger partial charge is 0.493 e. The van der Waals surface area contributed by atoms with Crippen LogP contribution in [0, 0.1) is 0 Å². The molecule has 0 aliphatic carbocycles. The Balaban J connectivity index is 3.03. The molecule has 1 aromatic rings. The van der Waals surface area contributed by atoms with Crippen molar-refractivity contribution in [2.45, 2.75) is 33.3 Å². The van der Waals surface area contributed by atoms with Gasteiger partial charge in [0.2, 0.25) is 0 Å². The molecule has 0 fully saturated rings. The number of hydrogen-bond acceptors (Lipinski definition) is 4. The Kier molecular flexibility index (Phi) is 5.49. The first-order valence-electron chi connectivity index (χ1n) is 6.14. The van der Waals surface area contributed by atoms with Gasteiger partial charge in [-0.25, -0.2) is 4.79 Å². The molecule has 0 bridgehead atoms. The molecule has 1 unspecified atom stereocenters. The van der Waals surface area contributed by atoms with Gasteiger partial charge in [-0.2, -0.15) is 0 Å². The van der Waals surface area contributed by atoms with Crippen LogP contribution in [0.1, 0.15) is 37.6 Å². The second-order valence-corrected chi connectivity index (χ2v) is 3.89. The van der Waals surface area contributed by atoms with Gasteiger partial charge in [-0.1, -0.05) is 13.0 Å². The maximum absolute atomic E-state index is 12.0. The summed E-state index contributed by atoms with van der Waals surface area (Å²) in [4.78, 5) is 12.0. The van der Waals surface area contributed by atoms with E-state index in [1.165, 1.54) is 0 Å². The molecule has 4 heteroatoms. The van der Waals surface area contributed by atoms with Crippen molar-refractivity contribution in [2.75, 3.05) is 13.7 Å². The molecule has 1 aromatic carbocycles. The molecule has 0 aliphatic rings. The first kappa shape index (κ1) is 14.4. The third-order valence-electron chi connectivity index (χ3n) is 2.59. The quantitative estimate of drug-likeness (QED) is 0.730. The molecule has 18 heavy (non-hydrogen) atoms. The van der Waals surface area contributed by atoms with Gasteiger partial charge in [-0.3, -0.25) is 0 Å². The molecular formula is C14H20O4. The fourth-order valence-corrected chi connectivity index (χ4v) is 1.46. The number of esters is 1. The molecule has 0 amide bonds. The minimum atomic E-state index is -0.383. The topological polar surface area (TPSA) is 44.8 Å². The van der Waals surface area contributed by atoms with Crippen LogP contribution in [-0.2, 0) is 4.74 Å². The standard InChI is InChI=1S/C14H20O4/c1-5-10(3)18-14(15)11-8-7-9-12(16-4)13(11)17-6-2/h7-10H,5-6H2,1-4H3. The number of methoxy groups -OCH3 is 1. The van der Waals surface area contributed by atoms with Crippen LogP contribution >= 0.6 is 0 Å². The first-order valence-corrected chi connectivity index (χ1v) is 6.14. The molecule has 0 saturated heterocycles.